The van der Waals surface area contributed by atoms with E-state index in [4.69, 9.17) is 4.74 Å². The van der Waals surface area contributed by atoms with Crippen molar-refractivity contribution >= 4 is 5.69 Å². The minimum Gasteiger partial charge on any atom is -0.385 e. The Morgan fingerprint density at radius 1 is 0.944 bits per heavy atom. The van der Waals surface area contributed by atoms with Crippen LogP contribution in [0.5, 0.6) is 0 Å². The molecule has 0 amide bonds. The van der Waals surface area contributed by atoms with Gasteiger partial charge in [-0.05, 0) is 13.3 Å². The highest BCUT2D eigenvalue weighted by Crippen LogP contribution is 2.27. The molecule has 0 aromatic heterocycles. The van der Waals surface area contributed by atoms with E-state index in [0.717, 1.165) is 0 Å². The summed E-state index contributed by atoms with van der Waals surface area (Å²) in [6.45, 7) is 1.83. The number of methoxy groups -OCH3 is 1. The summed E-state index contributed by atoms with van der Waals surface area (Å²) in [6, 6.07) is -0.502. The molecule has 0 aliphatic carbocycles. The molecular weight excluding hydrogens is 257 g/mol. The first-order chi connectivity index (χ1) is 8.40. The quantitative estimate of drug-likeness (QED) is 0.503. The maximum atomic E-state index is 13.3. The summed E-state index contributed by atoms with van der Waals surface area (Å²) in [5, 5.41) is 2.25. The van der Waals surface area contributed by atoms with Gasteiger partial charge in [0.15, 0.2) is 23.3 Å². The van der Waals surface area contributed by atoms with Gasteiger partial charge < -0.3 is 10.1 Å². The van der Waals surface area contributed by atoms with Gasteiger partial charge in [-0.15, -0.1) is 0 Å². The average Bonchev–Trinajstić information content (AvgIpc) is 2.36. The molecule has 1 rings (SSSR count). The fraction of sp³-hybridized carbons (Fsp3) is 0.455. The van der Waals surface area contributed by atoms with Crippen LogP contribution in [0.3, 0.4) is 0 Å². The Kier molecular flexibility index (Phi) is 4.89. The molecule has 0 spiro atoms. The molecule has 0 heterocycles. The highest BCUT2D eigenvalue weighted by Gasteiger charge is 2.26. The van der Waals surface area contributed by atoms with Gasteiger partial charge in [0, 0.05) is 19.8 Å². The maximum absolute atomic E-state index is 13.3. The lowest BCUT2D eigenvalue weighted by molar-refractivity contribution is 0.191. The van der Waals surface area contributed by atoms with E-state index in [1.54, 1.807) is 0 Å². The Morgan fingerprint density at radius 3 is 1.83 bits per heavy atom. The molecular formula is C11H12F5NO. The number of ether oxygens (including phenoxy) is 1. The molecule has 7 heteroatoms. The number of nitrogens with one attached hydrogen (secondary N) is 1. The van der Waals surface area contributed by atoms with E-state index >= 15 is 0 Å². The molecule has 102 valence electrons. The van der Waals surface area contributed by atoms with Crippen molar-refractivity contribution in [1.82, 2.24) is 0 Å². The van der Waals surface area contributed by atoms with Gasteiger partial charge in [-0.3, -0.25) is 0 Å². The van der Waals surface area contributed by atoms with E-state index in [0.29, 0.717) is 13.0 Å². The third-order valence-corrected chi connectivity index (χ3v) is 2.36. The van der Waals surface area contributed by atoms with Crippen molar-refractivity contribution in [3.63, 3.8) is 0 Å². The fourth-order valence-electron chi connectivity index (χ4n) is 1.34. The van der Waals surface area contributed by atoms with E-state index in [9.17, 15) is 22.0 Å². The number of anilines is 1. The number of benzene rings is 1. The SMILES string of the molecule is COCCC(C)Nc1c(F)c(F)c(F)c(F)c1F. The molecule has 18 heavy (non-hydrogen) atoms. The van der Waals surface area contributed by atoms with E-state index in [-0.39, 0.29) is 0 Å². The number of hydrogen-bond donors (Lipinski definition) is 1. The van der Waals surface area contributed by atoms with Gasteiger partial charge in [-0.2, -0.15) is 0 Å². The maximum Gasteiger partial charge on any atom is 0.200 e. The molecule has 0 aliphatic heterocycles. The molecule has 1 aromatic carbocycles. The standard InChI is InChI=1S/C11H12F5NO/c1-5(3-4-18-2)17-11-9(15)7(13)6(12)8(14)10(11)16/h5,17H,3-4H2,1-2H3. The summed E-state index contributed by atoms with van der Waals surface area (Å²) >= 11 is 0. The van der Waals surface area contributed by atoms with E-state index in [1.807, 2.05) is 0 Å². The lowest BCUT2D eigenvalue weighted by atomic mass is 10.2. The summed E-state index contributed by atoms with van der Waals surface area (Å²) in [5.74, 6) is -9.82. The Bertz CT molecular complexity index is 409. The van der Waals surface area contributed by atoms with Crippen LogP contribution >= 0.6 is 0 Å². The first-order valence-corrected chi connectivity index (χ1v) is 5.17. The van der Waals surface area contributed by atoms with Crippen LogP contribution in [0.1, 0.15) is 13.3 Å². The number of rotatable bonds is 5. The molecule has 0 bridgehead atoms. The van der Waals surface area contributed by atoms with Gasteiger partial charge >= 0.3 is 0 Å². The summed E-state index contributed by atoms with van der Waals surface area (Å²) in [7, 11) is 1.44. The molecule has 1 N–H and O–H groups in total. The first kappa shape index (κ1) is 14.7. The van der Waals surface area contributed by atoms with Crippen LogP contribution in [0.4, 0.5) is 27.6 Å². The van der Waals surface area contributed by atoms with E-state index in [1.165, 1.54) is 14.0 Å². The van der Waals surface area contributed by atoms with Crippen LogP contribution in [0.2, 0.25) is 0 Å². The highest BCUT2D eigenvalue weighted by molar-refractivity contribution is 5.48. The monoisotopic (exact) mass is 269 g/mol. The van der Waals surface area contributed by atoms with Gasteiger partial charge in [0.1, 0.15) is 5.69 Å². The van der Waals surface area contributed by atoms with Gasteiger partial charge in [-0.25, -0.2) is 22.0 Å². The van der Waals surface area contributed by atoms with Gasteiger partial charge in [0.2, 0.25) is 5.82 Å². The zero-order valence-corrected chi connectivity index (χ0v) is 9.79. The van der Waals surface area contributed by atoms with Crippen LogP contribution in [-0.4, -0.2) is 19.8 Å². The molecule has 0 saturated heterocycles. The van der Waals surface area contributed by atoms with Crippen molar-refractivity contribution in [2.45, 2.75) is 19.4 Å². The molecule has 0 radical (unpaired) electrons. The lowest BCUT2D eigenvalue weighted by Gasteiger charge is -2.16. The molecule has 0 aliphatic rings. The summed E-state index contributed by atoms with van der Waals surface area (Å²) < 4.78 is 69.8. The highest BCUT2D eigenvalue weighted by atomic mass is 19.2. The molecule has 1 aromatic rings. The van der Waals surface area contributed by atoms with Gasteiger partial charge in [0.05, 0.1) is 0 Å². The van der Waals surface area contributed by atoms with Crippen molar-refractivity contribution < 1.29 is 26.7 Å². The molecule has 1 atom stereocenters. The topological polar surface area (TPSA) is 21.3 Å². The van der Waals surface area contributed by atoms with E-state index in [2.05, 4.69) is 5.32 Å². The molecule has 1 unspecified atom stereocenters. The second-order valence-corrected chi connectivity index (χ2v) is 3.77. The third kappa shape index (κ3) is 2.90. The fourth-order valence-corrected chi connectivity index (χ4v) is 1.34. The Hall–Kier alpha value is -1.37. The molecule has 0 fully saturated rings. The number of hydrogen-bond acceptors (Lipinski definition) is 2. The third-order valence-electron chi connectivity index (χ3n) is 2.36. The molecule has 0 saturated carbocycles. The summed E-state index contributed by atoms with van der Waals surface area (Å²) in [6.07, 6.45) is 0.357. The lowest BCUT2D eigenvalue weighted by Crippen LogP contribution is -2.20. The Labute approximate surface area is 101 Å². The van der Waals surface area contributed by atoms with Crippen LogP contribution in [-0.2, 0) is 4.74 Å². The number of halogens is 5. The Balaban J connectivity index is 3.02. The zero-order valence-electron chi connectivity index (χ0n) is 9.79. The first-order valence-electron chi connectivity index (χ1n) is 5.17. The summed E-state index contributed by atoms with van der Waals surface area (Å²) in [5.41, 5.74) is -1.02. The smallest absolute Gasteiger partial charge is 0.200 e. The Morgan fingerprint density at radius 2 is 1.39 bits per heavy atom. The minimum atomic E-state index is -2.17. The zero-order chi connectivity index (χ0) is 13.9. The average molecular weight is 269 g/mol. The predicted octanol–water partition coefficient (Wildman–Crippen LogP) is 3.22. The van der Waals surface area contributed by atoms with Crippen molar-refractivity contribution in [1.29, 1.82) is 0 Å². The second-order valence-electron chi connectivity index (χ2n) is 3.77. The van der Waals surface area contributed by atoms with Crippen molar-refractivity contribution in [3.05, 3.63) is 29.1 Å². The molecule has 2 nitrogen and oxygen atoms in total. The van der Waals surface area contributed by atoms with Crippen LogP contribution in [0, 0.1) is 29.1 Å². The normalized spacial score (nSPS) is 12.6. The van der Waals surface area contributed by atoms with E-state index < -0.39 is 40.8 Å². The predicted molar refractivity (Wildman–Crippen MR) is 55.8 cm³/mol. The van der Waals surface area contributed by atoms with Gasteiger partial charge in [0.25, 0.3) is 0 Å². The summed E-state index contributed by atoms with van der Waals surface area (Å²) in [4.78, 5) is 0. The van der Waals surface area contributed by atoms with Crippen LogP contribution in [0.25, 0.3) is 0 Å². The second kappa shape index (κ2) is 5.99. The van der Waals surface area contributed by atoms with Crippen LogP contribution < -0.4 is 5.32 Å². The minimum absolute atomic E-state index is 0.295. The van der Waals surface area contributed by atoms with Crippen LogP contribution in [0.15, 0.2) is 0 Å². The van der Waals surface area contributed by atoms with Crippen molar-refractivity contribution in [2.24, 2.45) is 0 Å². The van der Waals surface area contributed by atoms with Crippen molar-refractivity contribution in [2.75, 3.05) is 19.0 Å². The van der Waals surface area contributed by atoms with Crippen molar-refractivity contribution in [3.8, 4) is 0 Å². The largest absolute Gasteiger partial charge is 0.385 e. The van der Waals surface area contributed by atoms with Gasteiger partial charge in [-0.1, -0.05) is 0 Å².